The number of nitrogens with two attached hydrogens (primary N) is 1. The number of anilines is 1. The van der Waals surface area contributed by atoms with Gasteiger partial charge in [-0.15, -0.1) is 11.8 Å². The van der Waals surface area contributed by atoms with E-state index in [1.54, 1.807) is 24.3 Å². The van der Waals surface area contributed by atoms with Crippen LogP contribution in [0.15, 0.2) is 33.8 Å². The van der Waals surface area contributed by atoms with Gasteiger partial charge in [-0.3, -0.25) is 0 Å². The molecule has 2 aromatic heterocycles. The molecule has 0 bridgehead atoms. The largest absolute Gasteiger partial charge is 0.383 e. The Hall–Kier alpha value is -3.00. The number of pyridine rings is 1. The highest BCUT2D eigenvalue weighted by Gasteiger charge is 2.21. The molecule has 6 nitrogen and oxygen atoms in total. The summed E-state index contributed by atoms with van der Waals surface area (Å²) in [5, 5.41) is 24.3. The highest BCUT2D eigenvalue weighted by Crippen LogP contribution is 2.37. The number of rotatable bonds is 4. The minimum Gasteiger partial charge on any atom is -0.383 e. The lowest BCUT2D eigenvalue weighted by Gasteiger charge is -2.13. The summed E-state index contributed by atoms with van der Waals surface area (Å²) < 4.78 is 5.18. The second-order valence-electron chi connectivity index (χ2n) is 5.75. The van der Waals surface area contributed by atoms with Crippen LogP contribution in [-0.4, -0.2) is 10.1 Å². The van der Waals surface area contributed by atoms with Crippen molar-refractivity contribution in [3.05, 3.63) is 57.4 Å². The van der Waals surface area contributed by atoms with E-state index in [4.69, 9.17) is 21.9 Å². The maximum Gasteiger partial charge on any atom is 0.143 e. The van der Waals surface area contributed by atoms with Crippen LogP contribution in [0.2, 0.25) is 5.02 Å². The highest BCUT2D eigenvalue weighted by molar-refractivity contribution is 7.98. The molecule has 3 aromatic rings. The van der Waals surface area contributed by atoms with Crippen LogP contribution in [0.1, 0.15) is 28.1 Å². The molecule has 2 heterocycles. The number of nitrogen functional groups attached to an aromatic ring is 1. The number of nitrogens with zero attached hydrogens (tertiary/aromatic N) is 4. The van der Waals surface area contributed by atoms with Gasteiger partial charge in [0.05, 0.1) is 11.3 Å². The van der Waals surface area contributed by atoms with E-state index < -0.39 is 0 Å². The summed E-state index contributed by atoms with van der Waals surface area (Å²) in [5.41, 5.74) is 9.38. The van der Waals surface area contributed by atoms with Gasteiger partial charge in [-0.05, 0) is 31.5 Å². The van der Waals surface area contributed by atoms with Crippen molar-refractivity contribution in [2.75, 3.05) is 5.73 Å². The highest BCUT2D eigenvalue weighted by atomic mass is 35.5. The van der Waals surface area contributed by atoms with Crippen LogP contribution in [0.3, 0.4) is 0 Å². The standard InChI is InChI=1S/C19H14ClN5OS/c1-10-16(11(2)26-25-10)9-27-19-15(8-22)17(14(7-21)18(23)24-19)12-3-5-13(20)6-4-12/h3-6H,9H2,1-2H3,(H2,23,24). The summed E-state index contributed by atoms with van der Waals surface area (Å²) in [6, 6.07) is 11.1. The SMILES string of the molecule is Cc1noc(C)c1CSc1nc(N)c(C#N)c(-c2ccc(Cl)cc2)c1C#N. The van der Waals surface area contributed by atoms with Gasteiger partial charge < -0.3 is 10.3 Å². The Labute approximate surface area is 165 Å². The van der Waals surface area contributed by atoms with Crippen molar-refractivity contribution in [1.29, 1.82) is 10.5 Å². The first-order valence-corrected chi connectivity index (χ1v) is 9.26. The molecule has 0 unspecified atom stereocenters. The topological polar surface area (TPSA) is 113 Å². The second kappa shape index (κ2) is 7.71. The van der Waals surface area contributed by atoms with Crippen molar-refractivity contribution < 1.29 is 4.52 Å². The Morgan fingerprint density at radius 1 is 1.15 bits per heavy atom. The molecule has 27 heavy (non-hydrogen) atoms. The molecule has 0 radical (unpaired) electrons. The first-order chi connectivity index (χ1) is 13.0. The first-order valence-electron chi connectivity index (χ1n) is 7.90. The van der Waals surface area contributed by atoms with Crippen molar-refractivity contribution in [2.24, 2.45) is 0 Å². The number of benzene rings is 1. The molecule has 0 atom stereocenters. The third-order valence-electron chi connectivity index (χ3n) is 4.08. The third-order valence-corrected chi connectivity index (χ3v) is 5.34. The van der Waals surface area contributed by atoms with Crippen molar-refractivity contribution in [2.45, 2.75) is 24.6 Å². The molecule has 134 valence electrons. The van der Waals surface area contributed by atoms with Crippen LogP contribution in [0, 0.1) is 36.5 Å². The van der Waals surface area contributed by atoms with Gasteiger partial charge in [0.2, 0.25) is 0 Å². The monoisotopic (exact) mass is 395 g/mol. The summed E-state index contributed by atoms with van der Waals surface area (Å²) in [6.07, 6.45) is 0. The number of hydrogen-bond donors (Lipinski definition) is 1. The summed E-state index contributed by atoms with van der Waals surface area (Å²) in [4.78, 5) is 4.30. The molecule has 2 N–H and O–H groups in total. The second-order valence-corrected chi connectivity index (χ2v) is 7.15. The average molecular weight is 396 g/mol. The van der Waals surface area contributed by atoms with Gasteiger partial charge in [-0.25, -0.2) is 4.98 Å². The van der Waals surface area contributed by atoms with Gasteiger partial charge in [-0.1, -0.05) is 28.9 Å². The number of aromatic nitrogens is 2. The van der Waals surface area contributed by atoms with Crippen LogP contribution < -0.4 is 5.73 Å². The predicted molar refractivity (Wildman–Crippen MR) is 104 cm³/mol. The Balaban J connectivity index is 2.12. The zero-order valence-corrected chi connectivity index (χ0v) is 16.1. The molecule has 0 aliphatic rings. The number of hydrogen-bond acceptors (Lipinski definition) is 7. The first kappa shape index (κ1) is 18.8. The number of halogens is 1. The maximum absolute atomic E-state index is 9.78. The van der Waals surface area contributed by atoms with Crippen LogP contribution in [0.25, 0.3) is 11.1 Å². The Bertz CT molecular complexity index is 1070. The molecule has 0 fully saturated rings. The summed E-state index contributed by atoms with van der Waals surface area (Å²) in [6.45, 7) is 3.69. The molecule has 3 rings (SSSR count). The van der Waals surface area contributed by atoms with Crippen molar-refractivity contribution in [3.8, 4) is 23.3 Å². The predicted octanol–water partition coefficient (Wildman–Crippen LogP) is 4.62. The summed E-state index contributed by atoms with van der Waals surface area (Å²) >= 11 is 7.31. The van der Waals surface area contributed by atoms with E-state index in [2.05, 4.69) is 22.3 Å². The molecule has 0 spiro atoms. The maximum atomic E-state index is 9.78. The lowest BCUT2D eigenvalue weighted by Crippen LogP contribution is -2.03. The van der Waals surface area contributed by atoms with Crippen LogP contribution in [-0.2, 0) is 5.75 Å². The van der Waals surface area contributed by atoms with E-state index in [1.807, 2.05) is 13.8 Å². The molecule has 8 heteroatoms. The number of thioether (sulfide) groups is 1. The number of aryl methyl sites for hydroxylation is 2. The fourth-order valence-electron chi connectivity index (χ4n) is 2.66. The lowest BCUT2D eigenvalue weighted by molar-refractivity contribution is 0.392. The van der Waals surface area contributed by atoms with E-state index in [1.165, 1.54) is 11.8 Å². The molecule has 0 saturated carbocycles. The Morgan fingerprint density at radius 2 is 1.81 bits per heavy atom. The van der Waals surface area contributed by atoms with Crippen LogP contribution in [0.4, 0.5) is 5.82 Å². The molecule has 0 aliphatic carbocycles. The average Bonchev–Trinajstić information content (AvgIpc) is 2.98. The van der Waals surface area contributed by atoms with Crippen LogP contribution >= 0.6 is 23.4 Å². The molecular formula is C19H14ClN5OS. The van der Waals surface area contributed by atoms with Crippen molar-refractivity contribution >= 4 is 29.2 Å². The van der Waals surface area contributed by atoms with Gasteiger partial charge in [-0.2, -0.15) is 10.5 Å². The Kier molecular flexibility index (Phi) is 5.36. The minimum atomic E-state index is 0.0858. The smallest absolute Gasteiger partial charge is 0.143 e. The van der Waals surface area contributed by atoms with Crippen molar-refractivity contribution in [1.82, 2.24) is 10.1 Å². The van der Waals surface area contributed by atoms with E-state index >= 15 is 0 Å². The van der Waals surface area contributed by atoms with E-state index in [0.717, 1.165) is 17.0 Å². The van der Waals surface area contributed by atoms with Crippen LogP contribution in [0.5, 0.6) is 0 Å². The van der Waals surface area contributed by atoms with Gasteiger partial charge in [0.15, 0.2) is 0 Å². The quantitative estimate of drug-likeness (QED) is 0.641. The Morgan fingerprint density at radius 3 is 2.37 bits per heavy atom. The van der Waals surface area contributed by atoms with E-state index in [-0.39, 0.29) is 11.4 Å². The fraction of sp³-hybridized carbons (Fsp3) is 0.158. The molecule has 0 saturated heterocycles. The molecular weight excluding hydrogens is 382 g/mol. The third kappa shape index (κ3) is 3.61. The van der Waals surface area contributed by atoms with Gasteiger partial charge in [0.1, 0.15) is 34.3 Å². The molecule has 0 amide bonds. The lowest BCUT2D eigenvalue weighted by atomic mass is 9.97. The minimum absolute atomic E-state index is 0.0858. The van der Waals surface area contributed by atoms with Gasteiger partial charge in [0.25, 0.3) is 0 Å². The molecule has 1 aromatic carbocycles. The fourth-order valence-corrected chi connectivity index (χ4v) is 3.93. The van der Waals surface area contributed by atoms with Crippen molar-refractivity contribution in [3.63, 3.8) is 0 Å². The zero-order valence-electron chi connectivity index (χ0n) is 14.6. The van der Waals surface area contributed by atoms with Gasteiger partial charge >= 0.3 is 0 Å². The zero-order chi connectivity index (χ0) is 19.6. The normalized spacial score (nSPS) is 10.4. The molecule has 0 aliphatic heterocycles. The van der Waals surface area contributed by atoms with E-state index in [9.17, 15) is 10.5 Å². The summed E-state index contributed by atoms with van der Waals surface area (Å²) in [5.74, 6) is 1.33. The van der Waals surface area contributed by atoms with Gasteiger partial charge in [0, 0.05) is 21.9 Å². The number of nitriles is 2. The summed E-state index contributed by atoms with van der Waals surface area (Å²) in [7, 11) is 0. The van der Waals surface area contributed by atoms with E-state index in [0.29, 0.717) is 32.5 Å².